The maximum atomic E-state index is 12.9. The second-order valence-corrected chi connectivity index (χ2v) is 11.0. The molecule has 180 valence electrons. The Morgan fingerprint density at radius 2 is 1.88 bits per heavy atom. The van der Waals surface area contributed by atoms with Crippen LogP contribution in [0.5, 0.6) is 5.75 Å². The summed E-state index contributed by atoms with van der Waals surface area (Å²) in [6, 6.07) is 12.0. The molecule has 33 heavy (non-hydrogen) atoms. The number of carbonyl (C=O) groups is 1. The Labute approximate surface area is 201 Å². The van der Waals surface area contributed by atoms with E-state index in [9.17, 15) is 13.2 Å². The van der Waals surface area contributed by atoms with Crippen LogP contribution in [0.25, 0.3) is 0 Å². The molecule has 0 saturated carbocycles. The summed E-state index contributed by atoms with van der Waals surface area (Å²) < 4.78 is 32.3. The van der Waals surface area contributed by atoms with Gasteiger partial charge in [-0.25, -0.2) is 8.42 Å². The zero-order valence-corrected chi connectivity index (χ0v) is 21.1. The molecule has 0 unspecified atom stereocenters. The fourth-order valence-corrected chi connectivity index (χ4v) is 5.45. The molecule has 0 aliphatic carbocycles. The van der Waals surface area contributed by atoms with Crippen molar-refractivity contribution in [1.29, 1.82) is 0 Å². The lowest BCUT2D eigenvalue weighted by atomic mass is 10.0. The van der Waals surface area contributed by atoms with Crippen LogP contribution in [0.2, 0.25) is 5.02 Å². The standard InChI is InChI=1S/C24H32ClN3O4S/c1-17(2)27(3)33(30,31)20-9-10-22(25)21(15-20)24(29)26-19-11-13-28(14-12-19)16-18-7-5-6-8-23(18)32-4/h5-10,15,17,19H,11-14,16H2,1-4H3,(H,26,29). The topological polar surface area (TPSA) is 79.0 Å². The SMILES string of the molecule is COc1ccccc1CN1CCC(NC(=O)c2cc(S(=O)(=O)N(C)C(C)C)ccc2Cl)CC1. The van der Waals surface area contributed by atoms with Crippen LogP contribution < -0.4 is 10.1 Å². The van der Waals surface area contributed by atoms with E-state index in [0.29, 0.717) is 0 Å². The van der Waals surface area contributed by atoms with Gasteiger partial charge in [-0.3, -0.25) is 9.69 Å². The third-order valence-corrected chi connectivity index (χ3v) is 8.46. The maximum Gasteiger partial charge on any atom is 0.253 e. The third-order valence-electron chi connectivity index (χ3n) is 6.10. The second-order valence-electron chi connectivity index (χ2n) is 8.59. The van der Waals surface area contributed by atoms with E-state index in [4.69, 9.17) is 16.3 Å². The number of ether oxygens (including phenoxy) is 1. The highest BCUT2D eigenvalue weighted by atomic mass is 35.5. The molecule has 0 aromatic heterocycles. The molecule has 2 aromatic carbocycles. The number of hydrogen-bond donors (Lipinski definition) is 1. The van der Waals surface area contributed by atoms with Gasteiger partial charge in [0, 0.05) is 44.3 Å². The number of sulfonamides is 1. The molecule has 9 heteroatoms. The molecule has 7 nitrogen and oxygen atoms in total. The first kappa shape index (κ1) is 25.5. The van der Waals surface area contributed by atoms with Crippen molar-refractivity contribution in [3.63, 3.8) is 0 Å². The smallest absolute Gasteiger partial charge is 0.253 e. The van der Waals surface area contributed by atoms with Gasteiger partial charge in [0.2, 0.25) is 10.0 Å². The van der Waals surface area contributed by atoms with Crippen LogP contribution in [-0.4, -0.2) is 62.9 Å². The number of amides is 1. The first-order valence-electron chi connectivity index (χ1n) is 11.1. The van der Waals surface area contributed by atoms with Gasteiger partial charge in [-0.05, 0) is 51.0 Å². The van der Waals surface area contributed by atoms with E-state index in [1.807, 2.05) is 18.2 Å². The van der Waals surface area contributed by atoms with Gasteiger partial charge in [0.25, 0.3) is 5.91 Å². The normalized spacial score (nSPS) is 15.7. The number of nitrogens with zero attached hydrogens (tertiary/aromatic N) is 2. The highest BCUT2D eigenvalue weighted by molar-refractivity contribution is 7.89. The molecule has 1 saturated heterocycles. The van der Waals surface area contributed by atoms with Crippen LogP contribution in [0.4, 0.5) is 0 Å². The number of piperidine rings is 1. The number of nitrogens with one attached hydrogen (secondary N) is 1. The predicted octanol–water partition coefficient (Wildman–Crippen LogP) is 3.77. The van der Waals surface area contributed by atoms with Crippen molar-refractivity contribution in [2.75, 3.05) is 27.2 Å². The van der Waals surface area contributed by atoms with Crippen molar-refractivity contribution in [2.24, 2.45) is 0 Å². The number of para-hydroxylation sites is 1. The van der Waals surface area contributed by atoms with Crippen LogP contribution in [-0.2, 0) is 16.6 Å². The van der Waals surface area contributed by atoms with E-state index >= 15 is 0 Å². The number of hydrogen-bond acceptors (Lipinski definition) is 5. The van der Waals surface area contributed by atoms with E-state index in [2.05, 4.69) is 16.3 Å². The maximum absolute atomic E-state index is 12.9. The summed E-state index contributed by atoms with van der Waals surface area (Å²) in [6.45, 7) is 6.05. The van der Waals surface area contributed by atoms with E-state index in [1.165, 1.54) is 29.6 Å². The number of carbonyl (C=O) groups excluding carboxylic acids is 1. The first-order chi connectivity index (χ1) is 15.6. The monoisotopic (exact) mass is 493 g/mol. The Kier molecular flexibility index (Phi) is 8.39. The van der Waals surface area contributed by atoms with Gasteiger partial charge < -0.3 is 10.1 Å². The summed E-state index contributed by atoms with van der Waals surface area (Å²) in [5.41, 5.74) is 1.31. The predicted molar refractivity (Wildman–Crippen MR) is 130 cm³/mol. The van der Waals surface area contributed by atoms with E-state index in [0.717, 1.165) is 43.8 Å². The molecular formula is C24H32ClN3O4S. The number of likely N-dealkylation sites (tertiary alicyclic amines) is 1. The number of methoxy groups -OCH3 is 1. The van der Waals surface area contributed by atoms with Crippen molar-refractivity contribution in [3.05, 3.63) is 58.6 Å². The van der Waals surface area contributed by atoms with Gasteiger partial charge >= 0.3 is 0 Å². The van der Waals surface area contributed by atoms with Gasteiger partial charge in [0.1, 0.15) is 5.75 Å². The van der Waals surface area contributed by atoms with Crippen molar-refractivity contribution >= 4 is 27.5 Å². The molecule has 2 aromatic rings. The minimum atomic E-state index is -3.71. The molecule has 1 amide bonds. The van der Waals surface area contributed by atoms with E-state index in [-0.39, 0.29) is 33.5 Å². The van der Waals surface area contributed by atoms with Crippen LogP contribution in [0.1, 0.15) is 42.6 Å². The van der Waals surface area contributed by atoms with Crippen LogP contribution >= 0.6 is 11.6 Å². The summed E-state index contributed by atoms with van der Waals surface area (Å²) >= 11 is 6.25. The third kappa shape index (κ3) is 6.06. The van der Waals surface area contributed by atoms with Crippen molar-refractivity contribution in [2.45, 2.75) is 50.2 Å². The molecule has 0 bridgehead atoms. The fraction of sp³-hybridized carbons (Fsp3) is 0.458. The van der Waals surface area contributed by atoms with Gasteiger partial charge in [0.05, 0.1) is 22.6 Å². The van der Waals surface area contributed by atoms with Gasteiger partial charge in [-0.1, -0.05) is 29.8 Å². The highest BCUT2D eigenvalue weighted by Crippen LogP contribution is 2.25. The van der Waals surface area contributed by atoms with Crippen LogP contribution in [0.3, 0.4) is 0 Å². The van der Waals surface area contributed by atoms with Crippen molar-refractivity contribution in [3.8, 4) is 5.75 Å². The minimum absolute atomic E-state index is 0.00101. The van der Waals surface area contributed by atoms with Crippen LogP contribution in [0.15, 0.2) is 47.4 Å². The van der Waals surface area contributed by atoms with Crippen molar-refractivity contribution < 1.29 is 17.9 Å². The molecule has 0 radical (unpaired) electrons. The van der Waals surface area contributed by atoms with Gasteiger partial charge in [-0.2, -0.15) is 4.31 Å². The Hall–Kier alpha value is -2.13. The summed E-state index contributed by atoms with van der Waals surface area (Å²) in [5, 5.41) is 3.26. The molecule has 0 atom stereocenters. The average molecular weight is 494 g/mol. The largest absolute Gasteiger partial charge is 0.496 e. The lowest BCUT2D eigenvalue weighted by molar-refractivity contribution is 0.0908. The Morgan fingerprint density at radius 3 is 2.52 bits per heavy atom. The summed E-state index contributed by atoms with van der Waals surface area (Å²) in [5.74, 6) is 0.521. The number of benzene rings is 2. The Morgan fingerprint density at radius 1 is 1.21 bits per heavy atom. The molecule has 0 spiro atoms. The zero-order chi connectivity index (χ0) is 24.2. The van der Waals surface area contributed by atoms with Gasteiger partial charge in [-0.15, -0.1) is 0 Å². The summed E-state index contributed by atoms with van der Waals surface area (Å²) in [4.78, 5) is 15.3. The average Bonchev–Trinajstić information content (AvgIpc) is 2.80. The quantitative estimate of drug-likeness (QED) is 0.605. The van der Waals surface area contributed by atoms with E-state index < -0.39 is 10.0 Å². The van der Waals surface area contributed by atoms with Crippen LogP contribution in [0, 0.1) is 0 Å². The second kappa shape index (κ2) is 10.9. The zero-order valence-electron chi connectivity index (χ0n) is 19.5. The highest BCUT2D eigenvalue weighted by Gasteiger charge is 2.27. The number of halogens is 1. The fourth-order valence-electron chi connectivity index (χ4n) is 3.86. The molecule has 1 aliphatic rings. The lowest BCUT2D eigenvalue weighted by Gasteiger charge is -2.32. The van der Waals surface area contributed by atoms with Crippen molar-refractivity contribution in [1.82, 2.24) is 14.5 Å². The Balaban J connectivity index is 1.63. The minimum Gasteiger partial charge on any atom is -0.496 e. The molecular weight excluding hydrogens is 462 g/mol. The Bertz CT molecular complexity index is 1080. The summed E-state index contributed by atoms with van der Waals surface area (Å²) in [7, 11) is -0.515. The first-order valence-corrected chi connectivity index (χ1v) is 12.9. The molecule has 1 fully saturated rings. The molecule has 1 heterocycles. The lowest BCUT2D eigenvalue weighted by Crippen LogP contribution is -2.44. The molecule has 1 aliphatic heterocycles. The number of rotatable bonds is 8. The van der Waals surface area contributed by atoms with Gasteiger partial charge in [0.15, 0.2) is 0 Å². The summed E-state index contributed by atoms with van der Waals surface area (Å²) in [6.07, 6.45) is 1.60. The molecule has 1 N–H and O–H groups in total. The molecule has 3 rings (SSSR count). The van der Waals surface area contributed by atoms with E-state index in [1.54, 1.807) is 21.0 Å².